The van der Waals surface area contributed by atoms with Gasteiger partial charge in [-0.05, 0) is 43.2 Å². The molecule has 1 atom stereocenters. The van der Waals surface area contributed by atoms with E-state index in [4.69, 9.17) is 4.42 Å². The first-order chi connectivity index (χ1) is 13.5. The first kappa shape index (κ1) is 18.6. The average molecular weight is 406 g/mol. The highest BCUT2D eigenvalue weighted by atomic mass is 32.2. The first-order valence-electron chi connectivity index (χ1n) is 8.68. The van der Waals surface area contributed by atoms with Crippen LogP contribution in [0, 0.1) is 11.6 Å². The summed E-state index contributed by atoms with van der Waals surface area (Å²) in [5, 5.41) is 7.97. The zero-order valence-electron chi connectivity index (χ0n) is 14.6. The lowest BCUT2D eigenvalue weighted by molar-refractivity contribution is 0.220. The van der Waals surface area contributed by atoms with E-state index < -0.39 is 27.7 Å². The van der Waals surface area contributed by atoms with E-state index in [0.717, 1.165) is 18.6 Å². The molecule has 0 aliphatic carbocycles. The van der Waals surface area contributed by atoms with Crippen molar-refractivity contribution >= 4 is 10.0 Å². The van der Waals surface area contributed by atoms with Crippen molar-refractivity contribution in [3.05, 3.63) is 60.1 Å². The number of benzene rings is 1. The van der Waals surface area contributed by atoms with Gasteiger partial charge in [0.1, 0.15) is 11.7 Å². The summed E-state index contributed by atoms with van der Waals surface area (Å²) in [7, 11) is -4.07. The van der Waals surface area contributed by atoms with Gasteiger partial charge in [0.25, 0.3) is 5.89 Å². The Morgan fingerprint density at radius 1 is 1.07 bits per heavy atom. The predicted molar refractivity (Wildman–Crippen MR) is 94.4 cm³/mol. The average Bonchev–Trinajstić information content (AvgIpc) is 3.21. The van der Waals surface area contributed by atoms with Crippen molar-refractivity contribution in [2.75, 3.05) is 6.54 Å². The number of halogens is 2. The molecule has 10 heteroatoms. The Morgan fingerprint density at radius 3 is 2.68 bits per heavy atom. The van der Waals surface area contributed by atoms with Crippen molar-refractivity contribution < 1.29 is 21.6 Å². The van der Waals surface area contributed by atoms with Gasteiger partial charge in [-0.1, -0.05) is 12.5 Å². The summed E-state index contributed by atoms with van der Waals surface area (Å²) < 4.78 is 59.8. The van der Waals surface area contributed by atoms with Crippen molar-refractivity contribution in [1.29, 1.82) is 0 Å². The van der Waals surface area contributed by atoms with Gasteiger partial charge in [-0.15, -0.1) is 10.2 Å². The van der Waals surface area contributed by atoms with E-state index in [9.17, 15) is 17.2 Å². The third-order valence-corrected chi connectivity index (χ3v) is 6.47. The molecule has 7 nitrogen and oxygen atoms in total. The molecule has 0 spiro atoms. The van der Waals surface area contributed by atoms with Crippen LogP contribution in [0.1, 0.15) is 31.2 Å². The highest BCUT2D eigenvalue weighted by Crippen LogP contribution is 2.35. The third kappa shape index (κ3) is 3.40. The second-order valence-corrected chi connectivity index (χ2v) is 8.25. The van der Waals surface area contributed by atoms with Crippen LogP contribution in [0.2, 0.25) is 0 Å². The molecule has 1 saturated heterocycles. The lowest BCUT2D eigenvalue weighted by Gasteiger charge is -2.32. The van der Waals surface area contributed by atoms with Crippen LogP contribution in [0.3, 0.4) is 0 Å². The van der Waals surface area contributed by atoms with Crippen LogP contribution >= 0.6 is 0 Å². The fraction of sp³-hybridized carbons (Fsp3) is 0.278. The Kier molecular flexibility index (Phi) is 4.90. The van der Waals surface area contributed by atoms with Crippen molar-refractivity contribution in [3.8, 4) is 11.6 Å². The van der Waals surface area contributed by atoms with Crippen LogP contribution < -0.4 is 0 Å². The van der Waals surface area contributed by atoms with Gasteiger partial charge < -0.3 is 4.42 Å². The fourth-order valence-electron chi connectivity index (χ4n) is 3.17. The Hall–Kier alpha value is -2.72. The number of rotatable bonds is 4. The zero-order chi connectivity index (χ0) is 19.7. The molecule has 1 fully saturated rings. The number of pyridine rings is 1. The first-order valence-corrected chi connectivity index (χ1v) is 10.1. The molecule has 3 aromatic rings. The number of aromatic nitrogens is 3. The highest BCUT2D eigenvalue weighted by molar-refractivity contribution is 7.89. The number of piperidine rings is 1. The molecule has 0 N–H and O–H groups in total. The molecule has 1 aliphatic heterocycles. The summed E-state index contributed by atoms with van der Waals surface area (Å²) in [5.74, 6) is -1.99. The Balaban J connectivity index is 1.68. The molecule has 3 heterocycles. The lowest BCUT2D eigenvalue weighted by Crippen LogP contribution is -2.38. The third-order valence-electron chi connectivity index (χ3n) is 4.56. The quantitative estimate of drug-likeness (QED) is 0.660. The standard InChI is InChI=1S/C18H16F2N4O3S/c19-13-8-7-12(11-14(13)20)28(25,26)24-10-4-2-6-16(24)18-23-22-17(27-18)15-5-1-3-9-21-15/h1,3,5,7-9,11,16H,2,4,6,10H2/t16-/m1/s1. The van der Waals surface area contributed by atoms with Crippen molar-refractivity contribution in [1.82, 2.24) is 19.5 Å². The van der Waals surface area contributed by atoms with E-state index in [1.165, 1.54) is 4.31 Å². The second kappa shape index (κ2) is 7.36. The van der Waals surface area contributed by atoms with Gasteiger partial charge in [0.15, 0.2) is 11.6 Å². The zero-order valence-corrected chi connectivity index (χ0v) is 15.4. The smallest absolute Gasteiger partial charge is 0.266 e. The number of sulfonamides is 1. The molecule has 0 radical (unpaired) electrons. The van der Waals surface area contributed by atoms with Crippen LogP contribution in [0.25, 0.3) is 11.6 Å². The maximum Gasteiger partial charge on any atom is 0.266 e. The number of nitrogens with zero attached hydrogens (tertiary/aromatic N) is 4. The molecule has 146 valence electrons. The van der Waals surface area contributed by atoms with E-state index in [2.05, 4.69) is 15.2 Å². The highest BCUT2D eigenvalue weighted by Gasteiger charge is 2.38. The summed E-state index contributed by atoms with van der Waals surface area (Å²) in [6, 6.07) is 7.07. The van der Waals surface area contributed by atoms with E-state index in [1.807, 2.05) is 0 Å². The van der Waals surface area contributed by atoms with E-state index in [1.54, 1.807) is 24.4 Å². The topological polar surface area (TPSA) is 89.2 Å². The monoisotopic (exact) mass is 406 g/mol. The summed E-state index contributed by atoms with van der Waals surface area (Å²) >= 11 is 0. The van der Waals surface area contributed by atoms with Crippen LogP contribution in [0.15, 0.2) is 51.9 Å². The number of hydrogen-bond acceptors (Lipinski definition) is 6. The van der Waals surface area contributed by atoms with Crippen LogP contribution in [0.4, 0.5) is 8.78 Å². The van der Waals surface area contributed by atoms with Gasteiger partial charge in [-0.25, -0.2) is 17.2 Å². The lowest BCUT2D eigenvalue weighted by atomic mass is 10.1. The van der Waals surface area contributed by atoms with Crippen LogP contribution in [0.5, 0.6) is 0 Å². The van der Waals surface area contributed by atoms with Crippen molar-refractivity contribution in [3.63, 3.8) is 0 Å². The fourth-order valence-corrected chi connectivity index (χ4v) is 4.84. The molecular weight excluding hydrogens is 390 g/mol. The van der Waals surface area contributed by atoms with E-state index >= 15 is 0 Å². The van der Waals surface area contributed by atoms with Crippen molar-refractivity contribution in [2.24, 2.45) is 0 Å². The Labute approximate surface area is 160 Å². The minimum atomic E-state index is -4.07. The Bertz CT molecular complexity index is 1090. The molecule has 2 aromatic heterocycles. The van der Waals surface area contributed by atoms with Crippen molar-refractivity contribution in [2.45, 2.75) is 30.2 Å². The second-order valence-electron chi connectivity index (χ2n) is 6.36. The molecule has 0 bridgehead atoms. The maximum absolute atomic E-state index is 13.6. The molecule has 1 aliphatic rings. The number of hydrogen-bond donors (Lipinski definition) is 0. The van der Waals surface area contributed by atoms with E-state index in [-0.39, 0.29) is 23.2 Å². The summed E-state index contributed by atoms with van der Waals surface area (Å²) in [6.45, 7) is 0.216. The van der Waals surface area contributed by atoms with Gasteiger partial charge in [0.05, 0.1) is 4.90 Å². The van der Waals surface area contributed by atoms with Gasteiger partial charge >= 0.3 is 0 Å². The largest absolute Gasteiger partial charge is 0.417 e. The molecule has 0 unspecified atom stereocenters. The van der Waals surface area contributed by atoms with Crippen LogP contribution in [-0.4, -0.2) is 34.4 Å². The summed E-state index contributed by atoms with van der Waals surface area (Å²) in [4.78, 5) is 3.82. The normalized spacial score (nSPS) is 18.3. The molecule has 28 heavy (non-hydrogen) atoms. The SMILES string of the molecule is O=S(=O)(c1ccc(F)c(F)c1)N1CCCC[C@@H]1c1nnc(-c2ccccn2)o1. The minimum Gasteiger partial charge on any atom is -0.417 e. The maximum atomic E-state index is 13.6. The molecule has 0 amide bonds. The minimum absolute atomic E-state index is 0.145. The van der Waals surface area contributed by atoms with Gasteiger partial charge in [0.2, 0.25) is 15.9 Å². The summed E-state index contributed by atoms with van der Waals surface area (Å²) in [5.41, 5.74) is 0.479. The van der Waals surface area contributed by atoms with Gasteiger partial charge in [-0.3, -0.25) is 4.98 Å². The molecule has 4 rings (SSSR count). The van der Waals surface area contributed by atoms with Gasteiger partial charge in [0, 0.05) is 12.7 Å². The molecule has 0 saturated carbocycles. The molecular formula is C18H16F2N4O3S. The molecule has 1 aromatic carbocycles. The summed E-state index contributed by atoms with van der Waals surface area (Å²) in [6.07, 6.45) is 3.48. The van der Waals surface area contributed by atoms with Crippen LogP contribution in [-0.2, 0) is 10.0 Å². The van der Waals surface area contributed by atoms with Gasteiger partial charge in [-0.2, -0.15) is 4.31 Å². The van der Waals surface area contributed by atoms with E-state index in [0.29, 0.717) is 24.6 Å². The Morgan fingerprint density at radius 2 is 1.93 bits per heavy atom. The predicted octanol–water partition coefficient (Wildman–Crippen LogP) is 3.33.